The molecule has 0 aromatic rings. The number of carbonyl (C=O) groups excluding carboxylic acids is 1. The van der Waals surface area contributed by atoms with Crippen molar-refractivity contribution in [2.45, 2.75) is 104 Å². The maximum Gasteiger partial charge on any atom is 0.312 e. The van der Waals surface area contributed by atoms with Crippen LogP contribution in [0.2, 0.25) is 0 Å². The molecule has 0 amide bonds. The van der Waals surface area contributed by atoms with Crippen LogP contribution in [0.25, 0.3) is 0 Å². The second-order valence-corrected chi connectivity index (χ2v) is 8.27. The van der Waals surface area contributed by atoms with Gasteiger partial charge in [0.15, 0.2) is 0 Å². The van der Waals surface area contributed by atoms with E-state index in [1.165, 1.54) is 44.9 Å². The normalized spacial score (nSPS) is 32.2. The molecule has 122 valence electrons. The van der Waals surface area contributed by atoms with Gasteiger partial charge in [-0.15, -0.1) is 0 Å². The number of hydrogen-bond acceptors (Lipinski definition) is 2. The number of esters is 1. The number of carbonyl (C=O) groups is 1. The van der Waals surface area contributed by atoms with Crippen LogP contribution in [0.15, 0.2) is 0 Å². The van der Waals surface area contributed by atoms with Crippen molar-refractivity contribution in [3.8, 4) is 0 Å². The summed E-state index contributed by atoms with van der Waals surface area (Å²) in [5, 5.41) is 0. The molecular weight excluding hydrogens is 260 g/mol. The van der Waals surface area contributed by atoms with Crippen molar-refractivity contribution in [1.29, 1.82) is 0 Å². The minimum Gasteiger partial charge on any atom is -0.459 e. The Bertz CT molecular complexity index is 345. The van der Waals surface area contributed by atoms with Gasteiger partial charge in [0.1, 0.15) is 5.60 Å². The number of ether oxygens (including phenoxy) is 1. The molecule has 0 N–H and O–H groups in total. The minimum absolute atomic E-state index is 0.0189. The number of rotatable bonds is 7. The van der Waals surface area contributed by atoms with Crippen LogP contribution in [0.5, 0.6) is 0 Å². The predicted octanol–water partition coefficient (Wildman–Crippen LogP) is 5.64. The van der Waals surface area contributed by atoms with E-state index in [0.717, 1.165) is 25.7 Å². The zero-order valence-corrected chi connectivity index (χ0v) is 14.6. The van der Waals surface area contributed by atoms with Gasteiger partial charge >= 0.3 is 5.97 Å². The zero-order valence-electron chi connectivity index (χ0n) is 14.6. The standard InChI is InChI=1S/C19H34O2/c1-5-7-8-9-18-10-13-19(14-11-18,15-12-18)21-16(20)17(3,4)6-2/h5-15H2,1-4H3. The van der Waals surface area contributed by atoms with E-state index in [-0.39, 0.29) is 17.0 Å². The SMILES string of the molecule is CCCCCC12CCC(OC(=O)C(C)(C)CC)(CC1)CC2. The van der Waals surface area contributed by atoms with Crippen LogP contribution < -0.4 is 0 Å². The fourth-order valence-corrected chi connectivity index (χ4v) is 3.99. The third-order valence-electron chi connectivity index (χ3n) is 6.39. The molecular formula is C19H34O2. The van der Waals surface area contributed by atoms with Crippen molar-refractivity contribution in [2.75, 3.05) is 0 Å². The maximum absolute atomic E-state index is 12.4. The van der Waals surface area contributed by atoms with Crippen LogP contribution in [0.3, 0.4) is 0 Å². The van der Waals surface area contributed by atoms with Gasteiger partial charge in [0.25, 0.3) is 0 Å². The zero-order chi connectivity index (χ0) is 15.6. The highest BCUT2D eigenvalue weighted by atomic mass is 16.6. The molecule has 3 rings (SSSR count). The Morgan fingerprint density at radius 2 is 1.57 bits per heavy atom. The molecule has 2 bridgehead atoms. The van der Waals surface area contributed by atoms with Gasteiger partial charge in [-0.1, -0.05) is 33.1 Å². The van der Waals surface area contributed by atoms with Gasteiger partial charge in [0.05, 0.1) is 5.41 Å². The summed E-state index contributed by atoms with van der Waals surface area (Å²) in [6, 6.07) is 0. The Morgan fingerprint density at radius 3 is 2.05 bits per heavy atom. The molecule has 0 spiro atoms. The molecule has 3 fully saturated rings. The van der Waals surface area contributed by atoms with Crippen molar-refractivity contribution >= 4 is 5.97 Å². The van der Waals surface area contributed by atoms with E-state index < -0.39 is 0 Å². The van der Waals surface area contributed by atoms with Gasteiger partial charge in [-0.25, -0.2) is 0 Å². The molecule has 0 aliphatic heterocycles. The van der Waals surface area contributed by atoms with Crippen LogP contribution in [0.1, 0.15) is 98.3 Å². The first-order chi connectivity index (χ1) is 9.87. The minimum atomic E-state index is -0.331. The van der Waals surface area contributed by atoms with E-state index in [4.69, 9.17) is 4.74 Å². The Labute approximate surface area is 131 Å². The van der Waals surface area contributed by atoms with Crippen molar-refractivity contribution in [3.63, 3.8) is 0 Å². The van der Waals surface area contributed by atoms with Gasteiger partial charge in [0.2, 0.25) is 0 Å². The van der Waals surface area contributed by atoms with Gasteiger partial charge in [-0.05, 0) is 70.6 Å². The number of unbranched alkanes of at least 4 members (excludes halogenated alkanes) is 2. The maximum atomic E-state index is 12.4. The fourth-order valence-electron chi connectivity index (χ4n) is 3.99. The van der Waals surface area contributed by atoms with Crippen LogP contribution in [-0.2, 0) is 9.53 Å². The Morgan fingerprint density at radius 1 is 1.00 bits per heavy atom. The molecule has 0 unspecified atom stereocenters. The lowest BCUT2D eigenvalue weighted by molar-refractivity contribution is -0.187. The molecule has 0 aromatic carbocycles. The summed E-state index contributed by atoms with van der Waals surface area (Å²) < 4.78 is 6.05. The topological polar surface area (TPSA) is 26.3 Å². The van der Waals surface area contributed by atoms with E-state index >= 15 is 0 Å². The molecule has 0 saturated heterocycles. The second-order valence-electron chi connectivity index (χ2n) is 8.27. The van der Waals surface area contributed by atoms with E-state index in [9.17, 15) is 4.79 Å². The van der Waals surface area contributed by atoms with Gasteiger partial charge in [-0.3, -0.25) is 4.79 Å². The lowest BCUT2D eigenvalue weighted by Gasteiger charge is -2.53. The first-order valence-corrected chi connectivity index (χ1v) is 9.11. The highest BCUT2D eigenvalue weighted by Gasteiger charge is 2.51. The highest BCUT2D eigenvalue weighted by Crippen LogP contribution is 2.56. The third kappa shape index (κ3) is 3.63. The van der Waals surface area contributed by atoms with Crippen molar-refractivity contribution in [3.05, 3.63) is 0 Å². The van der Waals surface area contributed by atoms with Gasteiger partial charge < -0.3 is 4.74 Å². The summed E-state index contributed by atoms with van der Waals surface area (Å²) >= 11 is 0. The molecule has 2 nitrogen and oxygen atoms in total. The Hall–Kier alpha value is -0.530. The summed E-state index contributed by atoms with van der Waals surface area (Å²) in [6.07, 6.45) is 13.4. The van der Waals surface area contributed by atoms with Crippen LogP contribution in [-0.4, -0.2) is 11.6 Å². The third-order valence-corrected chi connectivity index (χ3v) is 6.39. The summed E-state index contributed by atoms with van der Waals surface area (Å²) in [6.45, 7) is 8.36. The Kier molecular flexibility index (Phi) is 5.05. The molecule has 0 heterocycles. The number of fused-ring (bicyclic) bond motifs is 3. The largest absolute Gasteiger partial charge is 0.459 e. The van der Waals surface area contributed by atoms with Crippen molar-refractivity contribution in [1.82, 2.24) is 0 Å². The van der Waals surface area contributed by atoms with E-state index in [0.29, 0.717) is 5.41 Å². The first kappa shape index (κ1) is 16.8. The van der Waals surface area contributed by atoms with Crippen LogP contribution in [0, 0.1) is 10.8 Å². The quantitative estimate of drug-likeness (QED) is 0.448. The summed E-state index contributed by atoms with van der Waals surface area (Å²) in [5.41, 5.74) is 0.140. The molecule has 3 saturated carbocycles. The molecule has 0 aromatic heterocycles. The first-order valence-electron chi connectivity index (χ1n) is 9.11. The van der Waals surface area contributed by atoms with E-state index in [1.54, 1.807) is 0 Å². The number of hydrogen-bond donors (Lipinski definition) is 0. The average Bonchev–Trinajstić information content (AvgIpc) is 2.49. The lowest BCUT2D eigenvalue weighted by atomic mass is 9.57. The monoisotopic (exact) mass is 294 g/mol. The molecule has 21 heavy (non-hydrogen) atoms. The molecule has 0 atom stereocenters. The fraction of sp³-hybridized carbons (Fsp3) is 0.947. The average molecular weight is 294 g/mol. The van der Waals surface area contributed by atoms with Crippen LogP contribution >= 0.6 is 0 Å². The van der Waals surface area contributed by atoms with Gasteiger partial charge in [-0.2, -0.15) is 0 Å². The van der Waals surface area contributed by atoms with Crippen LogP contribution in [0.4, 0.5) is 0 Å². The summed E-state index contributed by atoms with van der Waals surface area (Å²) in [5.74, 6) is 0.0189. The lowest BCUT2D eigenvalue weighted by Crippen LogP contribution is -2.50. The molecule has 0 radical (unpaired) electrons. The second kappa shape index (κ2) is 6.30. The van der Waals surface area contributed by atoms with E-state index in [2.05, 4.69) is 13.8 Å². The predicted molar refractivity (Wildman–Crippen MR) is 87.2 cm³/mol. The highest BCUT2D eigenvalue weighted by molar-refractivity contribution is 5.76. The van der Waals surface area contributed by atoms with Gasteiger partial charge in [0, 0.05) is 0 Å². The summed E-state index contributed by atoms with van der Waals surface area (Å²) in [7, 11) is 0. The molecule has 3 aliphatic rings. The smallest absolute Gasteiger partial charge is 0.312 e. The Balaban J connectivity index is 1.91. The van der Waals surface area contributed by atoms with E-state index in [1.807, 2.05) is 13.8 Å². The van der Waals surface area contributed by atoms with Crippen molar-refractivity contribution < 1.29 is 9.53 Å². The molecule has 2 heteroatoms. The van der Waals surface area contributed by atoms with Crippen molar-refractivity contribution in [2.24, 2.45) is 10.8 Å². The molecule has 3 aliphatic carbocycles. The summed E-state index contributed by atoms with van der Waals surface area (Å²) in [4.78, 5) is 12.4.